The summed E-state index contributed by atoms with van der Waals surface area (Å²) in [6.45, 7) is 11.0. The lowest BCUT2D eigenvalue weighted by Crippen LogP contribution is -2.58. The number of halogens is 13. The number of esters is 1. The maximum absolute atomic E-state index is 14.3. The Morgan fingerprint density at radius 3 is 1.11 bits per heavy atom. The number of ether oxygens (including phenoxy) is 6. The second-order valence-corrected chi connectivity index (χ2v) is 21.4. The van der Waals surface area contributed by atoms with Crippen molar-refractivity contribution in [3.63, 3.8) is 0 Å². The van der Waals surface area contributed by atoms with Gasteiger partial charge in [0.05, 0.1) is 27.4 Å². The van der Waals surface area contributed by atoms with E-state index in [1.165, 1.54) is 71.0 Å². The van der Waals surface area contributed by atoms with Crippen LogP contribution in [0.1, 0.15) is 90.4 Å². The molecule has 0 saturated carbocycles. The molecule has 518 valence electrons. The molecule has 12 nitrogen and oxygen atoms in total. The van der Waals surface area contributed by atoms with Gasteiger partial charge in [0, 0.05) is 57.7 Å². The number of rotatable bonds is 28. The van der Waals surface area contributed by atoms with E-state index in [4.69, 9.17) is 35.7 Å². The van der Waals surface area contributed by atoms with E-state index in [1.54, 1.807) is 128 Å². The lowest BCUT2D eigenvalue weighted by Gasteiger charge is -2.32. The summed E-state index contributed by atoms with van der Waals surface area (Å²) in [6.07, 6.45) is 2.56. The van der Waals surface area contributed by atoms with Gasteiger partial charge in [-0.3, -0.25) is 14.4 Å². The molecule has 0 atom stereocenters. The molecule has 0 unspecified atom stereocenters. The van der Waals surface area contributed by atoms with Gasteiger partial charge in [0.1, 0.15) is 31.3 Å². The van der Waals surface area contributed by atoms with Crippen LogP contribution in [0.2, 0.25) is 0 Å². The first-order chi connectivity index (χ1) is 44.6. The van der Waals surface area contributed by atoms with Crippen molar-refractivity contribution < 1.29 is 105 Å². The Balaban J connectivity index is 0.000000393. The number of hydrogen-bond acceptors (Lipinski definition) is 12. The molecule has 1 N–H and O–H groups in total. The van der Waals surface area contributed by atoms with Crippen molar-refractivity contribution in [1.82, 2.24) is 4.90 Å². The maximum atomic E-state index is 14.3. The fraction of sp³-hybridized carbons (Fsp3) is 0.371. The topological polar surface area (TPSA) is 147 Å². The Morgan fingerprint density at radius 1 is 0.495 bits per heavy atom. The van der Waals surface area contributed by atoms with Crippen LogP contribution in [-0.2, 0) is 41.8 Å². The summed E-state index contributed by atoms with van der Waals surface area (Å²) in [4.78, 5) is 48.6. The number of carbonyl (C=O) groups is 4. The van der Waals surface area contributed by atoms with E-state index in [9.17, 15) is 71.9 Å². The summed E-state index contributed by atoms with van der Waals surface area (Å²) in [5.41, 5.74) is 4.75. The number of allylic oxidation sites excluding steroid dienone is 1. The average molecular weight is 1370 g/mol. The second kappa shape index (κ2) is 38.0. The molecule has 0 amide bonds. The summed E-state index contributed by atoms with van der Waals surface area (Å²) in [5, 5.41) is 7.91. The number of benzene rings is 6. The van der Waals surface area contributed by atoms with Crippen LogP contribution < -0.4 is 9.47 Å². The predicted molar refractivity (Wildman–Crippen MR) is 338 cm³/mol. The van der Waals surface area contributed by atoms with Crippen molar-refractivity contribution in [2.75, 3.05) is 73.5 Å². The smallest absolute Gasteiger partial charge is 0.377 e. The van der Waals surface area contributed by atoms with Gasteiger partial charge in [-0.15, -0.1) is 0 Å². The fourth-order valence-electron chi connectivity index (χ4n) is 8.23. The van der Waals surface area contributed by atoms with Crippen LogP contribution >= 0.6 is 11.6 Å². The van der Waals surface area contributed by atoms with E-state index in [0.29, 0.717) is 50.1 Å². The number of carbonyl (C=O) groups excluding carboxylic acids is 4. The van der Waals surface area contributed by atoms with E-state index in [1.807, 2.05) is 0 Å². The molecule has 1 fully saturated rings. The third-order valence-electron chi connectivity index (χ3n) is 13.9. The fourth-order valence-corrected chi connectivity index (χ4v) is 8.23. The second-order valence-electron chi connectivity index (χ2n) is 21.1. The minimum absolute atomic E-state index is 0.171. The van der Waals surface area contributed by atoms with Gasteiger partial charge in [-0.25, -0.2) is 4.79 Å². The molecular formula is C70H76ClF12NO11. The van der Waals surface area contributed by atoms with Crippen LogP contribution in [0.5, 0.6) is 11.5 Å². The molecule has 0 spiro atoms. The number of hydrogen-bond donors (Lipinski definition) is 1. The third kappa shape index (κ3) is 23.8. The summed E-state index contributed by atoms with van der Waals surface area (Å²) in [5.74, 6) is -34.4. The summed E-state index contributed by atoms with van der Waals surface area (Å²) >= 11 is 4.87. The highest BCUT2D eigenvalue weighted by molar-refractivity contribution is 6.67. The molecule has 1 aliphatic rings. The van der Waals surface area contributed by atoms with E-state index >= 15 is 0 Å². The predicted octanol–water partition coefficient (Wildman–Crippen LogP) is 16.6. The Hall–Kier alpha value is -7.87. The highest BCUT2D eigenvalue weighted by Gasteiger charge is 2.72. The van der Waals surface area contributed by atoms with Gasteiger partial charge in [-0.05, 0) is 104 Å². The first kappa shape index (κ1) is 81.4. The molecule has 1 saturated heterocycles. The summed E-state index contributed by atoms with van der Waals surface area (Å²) in [7, 11) is 2.59. The largest absolute Gasteiger partial charge is 0.496 e. The van der Waals surface area contributed by atoms with Crippen LogP contribution in [-0.4, -0.2) is 142 Å². The van der Waals surface area contributed by atoms with E-state index in [0.717, 1.165) is 20.1 Å². The minimum atomic E-state index is -5.90. The van der Waals surface area contributed by atoms with Crippen molar-refractivity contribution in [3.05, 3.63) is 203 Å². The zero-order valence-corrected chi connectivity index (χ0v) is 54.1. The van der Waals surface area contributed by atoms with Gasteiger partial charge < -0.3 is 38.4 Å². The number of aliphatic hydroxyl groups excluding tert-OH is 1. The minimum Gasteiger partial charge on any atom is -0.496 e. The number of aliphatic hydroxyl groups is 1. The molecule has 0 aliphatic carbocycles. The van der Waals surface area contributed by atoms with E-state index in [2.05, 4.69) is 48.3 Å². The highest BCUT2D eigenvalue weighted by Crippen LogP contribution is 2.47. The molecule has 0 bridgehead atoms. The third-order valence-corrected chi connectivity index (χ3v) is 14.3. The Labute approximate surface area is 549 Å². The number of nitrogens with zero attached hydrogens (tertiary/aromatic N) is 1. The van der Waals surface area contributed by atoms with Crippen LogP contribution in [0, 0.1) is 0 Å². The van der Waals surface area contributed by atoms with Gasteiger partial charge in [-0.2, -0.15) is 52.7 Å². The zero-order chi connectivity index (χ0) is 71.4. The lowest BCUT2D eigenvalue weighted by molar-refractivity contribution is -0.327. The van der Waals surface area contributed by atoms with Crippen LogP contribution in [0.15, 0.2) is 170 Å². The molecule has 95 heavy (non-hydrogen) atoms. The molecular weight excluding hydrogens is 1290 g/mol. The van der Waals surface area contributed by atoms with Crippen molar-refractivity contribution in [2.45, 2.75) is 96.2 Å². The van der Waals surface area contributed by atoms with Crippen molar-refractivity contribution in [2.24, 2.45) is 0 Å². The highest BCUT2D eigenvalue weighted by atomic mass is 35.5. The first-order valence-electron chi connectivity index (χ1n) is 29.4. The average Bonchev–Trinajstić information content (AvgIpc) is 0.992. The van der Waals surface area contributed by atoms with Gasteiger partial charge >= 0.3 is 41.5 Å². The van der Waals surface area contributed by atoms with E-state index < -0.39 is 86.4 Å². The van der Waals surface area contributed by atoms with E-state index in [-0.39, 0.29) is 39.8 Å². The Bertz CT molecular complexity index is 3380. The number of methoxy groups -OCH3 is 2. The standard InChI is InChI=1S/C30H26F6O5.C26H22F6O4.C6H15N.C4H5ClO.C4H8O/c1-19(2)27(38)41-18-29(33,34)30(35,36)28(31,32)17-40-16-24-15-23(13-14-25(24)39-3)20-9-11-22(12-10-20)26(37)21-7-5-4-6-8-21;1-35-22-12-11-20(17-7-9-19(10-8-17)23(34)18-5-3-2-4-6-18)13-21(22)14-36-16-25(29,30)26(31,32)24(27,28)15-33;1-4-7(5-2)6-3;1-3(2)4(5)6;1-2-4-5-3-1/h4-15H,1,16-18H2,2-3H3;2-13,33H,14-16H2,1H3;4-6H2,1-3H3;1H2,2H3;1-4H2. The number of ketones is 2. The molecule has 25 heteroatoms. The van der Waals surface area contributed by atoms with Crippen molar-refractivity contribution in [1.29, 1.82) is 0 Å². The molecule has 0 radical (unpaired) electrons. The summed E-state index contributed by atoms with van der Waals surface area (Å²) < 4.78 is 194. The first-order valence-corrected chi connectivity index (χ1v) is 29.8. The number of alkyl halides is 12. The normalized spacial score (nSPS) is 12.4. The molecule has 6 aromatic carbocycles. The zero-order valence-electron chi connectivity index (χ0n) is 53.4. The quantitative estimate of drug-likeness (QED) is 0.0164. The summed E-state index contributed by atoms with van der Waals surface area (Å²) in [6, 6.07) is 39.8. The molecule has 1 heterocycles. The van der Waals surface area contributed by atoms with Crippen molar-refractivity contribution in [3.8, 4) is 33.8 Å². The Kier molecular flexibility index (Phi) is 32.6. The molecule has 0 aromatic heterocycles. The van der Waals surface area contributed by atoms with Crippen molar-refractivity contribution >= 4 is 34.4 Å². The van der Waals surface area contributed by atoms with Gasteiger partial charge in [0.15, 0.2) is 18.2 Å². The molecule has 6 aromatic rings. The van der Waals surface area contributed by atoms with Crippen LogP contribution in [0.3, 0.4) is 0 Å². The molecule has 7 rings (SSSR count). The van der Waals surface area contributed by atoms with Gasteiger partial charge in [0.25, 0.3) is 0 Å². The molecule has 1 aliphatic heterocycles. The monoisotopic (exact) mass is 1370 g/mol. The van der Waals surface area contributed by atoms with Crippen LogP contribution in [0.4, 0.5) is 52.7 Å². The van der Waals surface area contributed by atoms with Gasteiger partial charge in [0.2, 0.25) is 5.24 Å². The lowest BCUT2D eigenvalue weighted by atomic mass is 9.98. The van der Waals surface area contributed by atoms with Crippen LogP contribution in [0.25, 0.3) is 22.3 Å². The Morgan fingerprint density at radius 2 is 0.821 bits per heavy atom. The van der Waals surface area contributed by atoms with Gasteiger partial charge in [-0.1, -0.05) is 155 Å². The SMILES string of the molecule is C1CCOC1.C=C(C)C(=O)Cl.C=C(C)C(=O)OCC(F)(F)C(F)(F)C(F)(F)COCc1cc(-c2ccc(C(=O)c3ccccc3)cc2)ccc1OC.CCN(CC)CC.COc1ccc(-c2ccc(C(=O)c3ccccc3)cc2)cc1COCC(F)(F)C(F)(F)C(F)(F)CO. The maximum Gasteiger partial charge on any atom is 0.377 e.